The molecule has 6 heteroatoms. The van der Waals surface area contributed by atoms with Crippen molar-refractivity contribution in [2.45, 2.75) is 58.7 Å². The zero-order valence-electron chi connectivity index (χ0n) is 12.5. The quantitative estimate of drug-likeness (QED) is 0.838. The lowest BCUT2D eigenvalue weighted by Crippen LogP contribution is -2.43. The van der Waals surface area contributed by atoms with Gasteiger partial charge in [-0.1, -0.05) is 13.8 Å². The molecule has 0 aromatic carbocycles. The third kappa shape index (κ3) is 2.42. The van der Waals surface area contributed by atoms with Gasteiger partial charge < -0.3 is 4.90 Å². The minimum Gasteiger partial charge on any atom is -0.304 e. The maximum absolute atomic E-state index is 11.8. The second-order valence-electron chi connectivity index (χ2n) is 5.66. The summed E-state index contributed by atoms with van der Waals surface area (Å²) in [6.45, 7) is 8.09. The van der Waals surface area contributed by atoms with E-state index in [4.69, 9.17) is 0 Å². The third-order valence-corrected chi connectivity index (χ3v) is 4.00. The summed E-state index contributed by atoms with van der Waals surface area (Å²) in [4.78, 5) is 25.1. The van der Waals surface area contributed by atoms with Crippen molar-refractivity contribution in [2.75, 3.05) is 0 Å². The third-order valence-electron chi connectivity index (χ3n) is 4.00. The van der Waals surface area contributed by atoms with E-state index in [9.17, 15) is 9.59 Å². The number of amides is 3. The number of aromatic nitrogens is 2. The number of rotatable bonds is 5. The molecule has 1 saturated heterocycles. The van der Waals surface area contributed by atoms with Crippen LogP contribution in [0, 0.1) is 0 Å². The molecule has 6 nitrogen and oxygen atoms in total. The van der Waals surface area contributed by atoms with Crippen LogP contribution in [0.3, 0.4) is 0 Å². The number of urea groups is 1. The van der Waals surface area contributed by atoms with Gasteiger partial charge in [-0.2, -0.15) is 5.10 Å². The van der Waals surface area contributed by atoms with Crippen LogP contribution in [0.1, 0.15) is 52.3 Å². The molecule has 1 fully saturated rings. The molecule has 0 radical (unpaired) electrons. The zero-order chi connectivity index (χ0) is 14.9. The Morgan fingerprint density at radius 2 is 1.95 bits per heavy atom. The van der Waals surface area contributed by atoms with Crippen molar-refractivity contribution >= 4 is 11.9 Å². The van der Waals surface area contributed by atoms with Gasteiger partial charge in [0.1, 0.15) is 5.54 Å². The fourth-order valence-electron chi connectivity index (χ4n) is 2.45. The molecule has 1 aromatic rings. The van der Waals surface area contributed by atoms with Crippen LogP contribution in [0.15, 0.2) is 12.3 Å². The molecule has 0 spiro atoms. The van der Waals surface area contributed by atoms with E-state index in [2.05, 4.69) is 24.3 Å². The Labute approximate surface area is 119 Å². The molecule has 0 bridgehead atoms. The second-order valence-corrected chi connectivity index (χ2v) is 5.66. The summed E-state index contributed by atoms with van der Waals surface area (Å²) in [5.74, 6) is -0.262. The summed E-state index contributed by atoms with van der Waals surface area (Å²) in [5, 5.41) is 6.87. The number of carbonyl (C=O) groups excluding carboxylic acids is 2. The SMILES string of the molecule is CCC(CC)n1ccc(CN2C(=O)NC(=O)C2(C)C)n1. The Hall–Kier alpha value is -1.85. The standard InChI is InChI=1S/C14H22N4O2/c1-5-11(6-2)18-8-7-10(16-18)9-17-13(20)15-12(19)14(17,3)4/h7-8,11H,5-6,9H2,1-4H3,(H,15,19,20). The number of hydrogen-bond acceptors (Lipinski definition) is 3. The molecular formula is C14H22N4O2. The maximum Gasteiger partial charge on any atom is 0.325 e. The topological polar surface area (TPSA) is 67.2 Å². The fraction of sp³-hybridized carbons (Fsp3) is 0.643. The van der Waals surface area contributed by atoms with Crippen molar-refractivity contribution in [3.05, 3.63) is 18.0 Å². The normalized spacial score (nSPS) is 17.9. The van der Waals surface area contributed by atoms with E-state index >= 15 is 0 Å². The second kappa shape index (κ2) is 5.26. The summed E-state index contributed by atoms with van der Waals surface area (Å²) in [5.41, 5.74) is -0.0229. The minimum absolute atomic E-state index is 0.262. The number of imide groups is 1. The zero-order valence-corrected chi connectivity index (χ0v) is 12.5. The van der Waals surface area contributed by atoms with E-state index in [1.807, 2.05) is 16.9 Å². The highest BCUT2D eigenvalue weighted by molar-refractivity contribution is 6.06. The predicted octanol–water partition coefficient (Wildman–Crippen LogP) is 2.07. The Kier molecular flexibility index (Phi) is 3.83. The summed E-state index contributed by atoms with van der Waals surface area (Å²) >= 11 is 0. The Morgan fingerprint density at radius 1 is 1.30 bits per heavy atom. The summed E-state index contributed by atoms with van der Waals surface area (Å²) in [7, 11) is 0. The molecule has 3 amide bonds. The number of nitrogens with one attached hydrogen (secondary N) is 1. The average Bonchev–Trinajstić information content (AvgIpc) is 2.91. The van der Waals surface area contributed by atoms with Crippen molar-refractivity contribution in [1.29, 1.82) is 0 Å². The van der Waals surface area contributed by atoms with Crippen LogP contribution in [-0.4, -0.2) is 32.2 Å². The number of hydrogen-bond donors (Lipinski definition) is 1. The first-order valence-corrected chi connectivity index (χ1v) is 7.07. The highest BCUT2D eigenvalue weighted by Crippen LogP contribution is 2.23. The van der Waals surface area contributed by atoms with Gasteiger partial charge in [-0.05, 0) is 32.8 Å². The molecule has 1 aliphatic heterocycles. The van der Waals surface area contributed by atoms with E-state index in [-0.39, 0.29) is 11.9 Å². The van der Waals surface area contributed by atoms with E-state index < -0.39 is 5.54 Å². The molecule has 0 atom stereocenters. The molecular weight excluding hydrogens is 256 g/mol. The minimum atomic E-state index is -0.824. The molecule has 1 aliphatic rings. The van der Waals surface area contributed by atoms with Gasteiger partial charge in [-0.25, -0.2) is 4.79 Å². The smallest absolute Gasteiger partial charge is 0.304 e. The lowest BCUT2D eigenvalue weighted by atomic mass is 10.0. The Morgan fingerprint density at radius 3 is 2.45 bits per heavy atom. The molecule has 110 valence electrons. The molecule has 0 unspecified atom stereocenters. The molecule has 1 N–H and O–H groups in total. The fourth-order valence-corrected chi connectivity index (χ4v) is 2.45. The summed E-state index contributed by atoms with van der Waals surface area (Å²) in [6, 6.07) is 1.94. The van der Waals surface area contributed by atoms with Gasteiger partial charge in [-0.3, -0.25) is 14.8 Å². The largest absolute Gasteiger partial charge is 0.325 e. The molecule has 1 aromatic heterocycles. The predicted molar refractivity (Wildman–Crippen MR) is 75.0 cm³/mol. The van der Waals surface area contributed by atoms with E-state index in [0.29, 0.717) is 12.6 Å². The summed E-state index contributed by atoms with van der Waals surface area (Å²) in [6.07, 6.45) is 3.98. The van der Waals surface area contributed by atoms with Crippen molar-refractivity contribution < 1.29 is 9.59 Å². The van der Waals surface area contributed by atoms with Crippen LogP contribution in [-0.2, 0) is 11.3 Å². The molecule has 20 heavy (non-hydrogen) atoms. The van der Waals surface area contributed by atoms with Gasteiger partial charge in [-0.15, -0.1) is 0 Å². The van der Waals surface area contributed by atoms with E-state index in [0.717, 1.165) is 18.5 Å². The van der Waals surface area contributed by atoms with E-state index in [1.165, 1.54) is 4.90 Å². The number of carbonyl (C=O) groups is 2. The Balaban J connectivity index is 2.15. The average molecular weight is 278 g/mol. The maximum atomic E-state index is 11.8. The lowest BCUT2D eigenvalue weighted by Gasteiger charge is -2.27. The monoisotopic (exact) mass is 278 g/mol. The highest BCUT2D eigenvalue weighted by Gasteiger charge is 2.45. The molecule has 2 heterocycles. The summed E-state index contributed by atoms with van der Waals surface area (Å²) < 4.78 is 1.94. The van der Waals surface area contributed by atoms with Gasteiger partial charge in [0.25, 0.3) is 5.91 Å². The van der Waals surface area contributed by atoms with Crippen LogP contribution in [0.2, 0.25) is 0 Å². The highest BCUT2D eigenvalue weighted by atomic mass is 16.2. The number of nitrogens with zero attached hydrogens (tertiary/aromatic N) is 3. The van der Waals surface area contributed by atoms with Crippen LogP contribution in [0.5, 0.6) is 0 Å². The Bertz CT molecular complexity index is 517. The van der Waals surface area contributed by atoms with Gasteiger partial charge in [0.05, 0.1) is 18.3 Å². The van der Waals surface area contributed by atoms with Gasteiger partial charge >= 0.3 is 6.03 Å². The molecule has 2 rings (SSSR count). The van der Waals surface area contributed by atoms with Crippen LogP contribution in [0.4, 0.5) is 4.79 Å². The van der Waals surface area contributed by atoms with Crippen molar-refractivity contribution in [1.82, 2.24) is 20.0 Å². The first-order valence-electron chi connectivity index (χ1n) is 7.07. The first kappa shape index (κ1) is 14.6. The van der Waals surface area contributed by atoms with Gasteiger partial charge in [0.2, 0.25) is 0 Å². The lowest BCUT2D eigenvalue weighted by molar-refractivity contribution is -0.125. The first-order chi connectivity index (χ1) is 9.40. The van der Waals surface area contributed by atoms with Crippen LogP contribution < -0.4 is 5.32 Å². The van der Waals surface area contributed by atoms with E-state index in [1.54, 1.807) is 13.8 Å². The molecule has 0 aliphatic carbocycles. The van der Waals surface area contributed by atoms with Crippen molar-refractivity contribution in [3.8, 4) is 0 Å². The van der Waals surface area contributed by atoms with Crippen molar-refractivity contribution in [3.63, 3.8) is 0 Å². The van der Waals surface area contributed by atoms with Crippen LogP contribution in [0.25, 0.3) is 0 Å². The van der Waals surface area contributed by atoms with Crippen LogP contribution >= 0.6 is 0 Å². The molecule has 0 saturated carbocycles. The van der Waals surface area contributed by atoms with Crippen molar-refractivity contribution in [2.24, 2.45) is 0 Å². The van der Waals surface area contributed by atoms with Gasteiger partial charge in [0.15, 0.2) is 0 Å². The van der Waals surface area contributed by atoms with Gasteiger partial charge in [0, 0.05) is 6.20 Å².